The van der Waals surface area contributed by atoms with Gasteiger partial charge in [-0.3, -0.25) is 9.89 Å². The lowest BCUT2D eigenvalue weighted by molar-refractivity contribution is -0.115. The maximum absolute atomic E-state index is 12.5. The first-order chi connectivity index (χ1) is 14.5. The fourth-order valence-corrected chi connectivity index (χ4v) is 4.53. The molecule has 4 rings (SSSR count). The van der Waals surface area contributed by atoms with Gasteiger partial charge in [0, 0.05) is 23.7 Å². The minimum Gasteiger partial charge on any atom is -0.446 e. The fourth-order valence-electron chi connectivity index (χ4n) is 3.81. The maximum Gasteiger partial charge on any atom is 0.407 e. The van der Waals surface area contributed by atoms with Gasteiger partial charge >= 0.3 is 6.09 Å². The zero-order valence-electron chi connectivity index (χ0n) is 17.0. The third-order valence-electron chi connectivity index (χ3n) is 5.16. The highest BCUT2D eigenvalue weighted by Crippen LogP contribution is 2.35. The van der Waals surface area contributed by atoms with Gasteiger partial charge < -0.3 is 15.4 Å². The number of aromatic nitrogens is 3. The molecule has 158 valence electrons. The van der Waals surface area contributed by atoms with Gasteiger partial charge in [0.15, 0.2) is 5.82 Å². The first-order valence-electron chi connectivity index (χ1n) is 10.1. The van der Waals surface area contributed by atoms with E-state index in [1.165, 1.54) is 0 Å². The van der Waals surface area contributed by atoms with Crippen molar-refractivity contribution in [1.82, 2.24) is 20.5 Å². The second-order valence-corrected chi connectivity index (χ2v) is 8.77. The molecule has 1 fully saturated rings. The number of rotatable bonds is 6. The van der Waals surface area contributed by atoms with Gasteiger partial charge in [0.1, 0.15) is 6.10 Å². The Hall–Kier alpha value is -2.94. The molecule has 2 amide bonds. The lowest BCUT2D eigenvalue weighted by Crippen LogP contribution is -2.33. The van der Waals surface area contributed by atoms with Crippen molar-refractivity contribution in [2.45, 2.75) is 57.6 Å². The lowest BCUT2D eigenvalue weighted by atomic mass is 10.0. The number of carbonyl (C=O) groups excluding carboxylic acids is 2. The molecule has 1 aromatic carbocycles. The Morgan fingerprint density at radius 1 is 1.33 bits per heavy atom. The molecule has 0 spiro atoms. The quantitative estimate of drug-likeness (QED) is 0.551. The molecule has 9 heteroatoms. The van der Waals surface area contributed by atoms with Crippen LogP contribution in [0.3, 0.4) is 0 Å². The number of benzene rings is 1. The molecule has 30 heavy (non-hydrogen) atoms. The molecule has 1 aliphatic carbocycles. The summed E-state index contributed by atoms with van der Waals surface area (Å²) in [6, 6.07) is 7.78. The Morgan fingerprint density at radius 3 is 3.03 bits per heavy atom. The molecule has 8 nitrogen and oxygen atoms in total. The Balaban J connectivity index is 1.31. The smallest absolute Gasteiger partial charge is 0.407 e. The van der Waals surface area contributed by atoms with Gasteiger partial charge in [-0.1, -0.05) is 12.1 Å². The number of anilines is 1. The van der Waals surface area contributed by atoms with Crippen LogP contribution in [0.25, 0.3) is 10.2 Å². The molecule has 0 bridgehead atoms. The molecule has 2 atom stereocenters. The second kappa shape index (κ2) is 8.83. The van der Waals surface area contributed by atoms with Gasteiger partial charge in [-0.15, -0.1) is 11.3 Å². The van der Waals surface area contributed by atoms with Crippen LogP contribution in [-0.2, 0) is 16.0 Å². The van der Waals surface area contributed by atoms with E-state index >= 15 is 0 Å². The predicted octanol–water partition coefficient (Wildman–Crippen LogP) is 3.97. The Morgan fingerprint density at radius 2 is 2.20 bits per heavy atom. The number of alkyl carbamates (subject to hydrolysis) is 1. The normalized spacial score (nSPS) is 18.6. The highest BCUT2D eigenvalue weighted by Gasteiger charge is 2.30. The van der Waals surface area contributed by atoms with Gasteiger partial charge in [-0.05, 0) is 44.7 Å². The van der Waals surface area contributed by atoms with Gasteiger partial charge in [0.25, 0.3) is 0 Å². The van der Waals surface area contributed by atoms with Crippen molar-refractivity contribution in [1.29, 1.82) is 0 Å². The Bertz CT molecular complexity index is 1040. The van der Waals surface area contributed by atoms with E-state index in [0.717, 1.165) is 40.7 Å². The Kier molecular flexibility index (Phi) is 5.98. The van der Waals surface area contributed by atoms with Crippen LogP contribution in [0.15, 0.2) is 29.8 Å². The minimum atomic E-state index is -0.372. The number of para-hydroxylation sites is 1. The summed E-state index contributed by atoms with van der Waals surface area (Å²) in [5, 5.41) is 12.8. The summed E-state index contributed by atoms with van der Waals surface area (Å²) in [7, 11) is 0. The van der Waals surface area contributed by atoms with Crippen molar-refractivity contribution >= 4 is 39.4 Å². The van der Waals surface area contributed by atoms with E-state index in [9.17, 15) is 9.59 Å². The number of amides is 2. The van der Waals surface area contributed by atoms with Gasteiger partial charge in [0.05, 0.1) is 22.1 Å². The number of hydrogen-bond acceptors (Lipinski definition) is 6. The standard InChI is InChI=1S/C21H25N5O3S/c1-12(2)23-21(28)29-15-7-6-13(8-15)16-10-18(26-25-16)24-19(27)9-14-4-3-5-17-20(14)22-11-30-17/h3-5,10-13,15H,6-9H2,1-2H3,(H,23,28)(H2,24,25,26,27)/t13-,15+/m0/s1. The number of hydrogen-bond donors (Lipinski definition) is 3. The molecule has 2 heterocycles. The van der Waals surface area contributed by atoms with E-state index in [1.807, 2.05) is 38.1 Å². The molecule has 0 saturated heterocycles. The van der Waals surface area contributed by atoms with E-state index in [2.05, 4.69) is 25.8 Å². The van der Waals surface area contributed by atoms with E-state index < -0.39 is 0 Å². The van der Waals surface area contributed by atoms with E-state index in [0.29, 0.717) is 5.82 Å². The number of carbonyl (C=O) groups is 2. The van der Waals surface area contributed by atoms with Crippen LogP contribution < -0.4 is 10.6 Å². The van der Waals surface area contributed by atoms with Gasteiger partial charge in [0.2, 0.25) is 5.91 Å². The van der Waals surface area contributed by atoms with Gasteiger partial charge in [-0.2, -0.15) is 5.10 Å². The first-order valence-corrected chi connectivity index (χ1v) is 11.0. The number of nitrogens with zero attached hydrogens (tertiary/aromatic N) is 2. The highest BCUT2D eigenvalue weighted by atomic mass is 32.1. The molecule has 3 N–H and O–H groups in total. The van der Waals surface area contributed by atoms with Crippen LogP contribution in [0.2, 0.25) is 0 Å². The fraction of sp³-hybridized carbons (Fsp3) is 0.429. The molecule has 0 unspecified atom stereocenters. The van der Waals surface area contributed by atoms with Crippen LogP contribution in [-0.4, -0.2) is 39.3 Å². The van der Waals surface area contributed by atoms with E-state index in [4.69, 9.17) is 4.74 Å². The number of ether oxygens (including phenoxy) is 1. The lowest BCUT2D eigenvalue weighted by Gasteiger charge is -2.14. The number of fused-ring (bicyclic) bond motifs is 1. The van der Waals surface area contributed by atoms with Crippen molar-refractivity contribution < 1.29 is 14.3 Å². The zero-order valence-corrected chi connectivity index (χ0v) is 17.8. The summed E-state index contributed by atoms with van der Waals surface area (Å²) >= 11 is 1.56. The second-order valence-electron chi connectivity index (χ2n) is 7.89. The molecule has 0 aliphatic heterocycles. The molecule has 1 saturated carbocycles. The van der Waals surface area contributed by atoms with Crippen molar-refractivity contribution in [2.24, 2.45) is 0 Å². The third kappa shape index (κ3) is 4.79. The predicted molar refractivity (Wildman–Crippen MR) is 116 cm³/mol. The number of thiazole rings is 1. The molecule has 1 aliphatic rings. The van der Waals surface area contributed by atoms with Crippen molar-refractivity contribution in [3.8, 4) is 0 Å². The molecular weight excluding hydrogens is 402 g/mol. The monoisotopic (exact) mass is 427 g/mol. The third-order valence-corrected chi connectivity index (χ3v) is 5.96. The van der Waals surface area contributed by atoms with Crippen LogP contribution >= 0.6 is 11.3 Å². The highest BCUT2D eigenvalue weighted by molar-refractivity contribution is 7.16. The van der Waals surface area contributed by atoms with Crippen LogP contribution in [0, 0.1) is 0 Å². The summed E-state index contributed by atoms with van der Waals surface area (Å²) in [5.74, 6) is 0.595. The van der Waals surface area contributed by atoms with Crippen LogP contribution in [0.4, 0.5) is 10.6 Å². The average molecular weight is 428 g/mol. The SMILES string of the molecule is CC(C)NC(=O)O[C@@H]1CC[C@H](c2cc(NC(=O)Cc3cccc4scnc34)n[nH]2)C1. The summed E-state index contributed by atoms with van der Waals surface area (Å²) in [6.07, 6.45) is 2.23. The van der Waals surface area contributed by atoms with Crippen molar-refractivity contribution in [3.63, 3.8) is 0 Å². The van der Waals surface area contributed by atoms with Crippen molar-refractivity contribution in [2.75, 3.05) is 5.32 Å². The topological polar surface area (TPSA) is 109 Å². The number of nitrogens with one attached hydrogen (secondary N) is 3. The van der Waals surface area contributed by atoms with E-state index in [1.54, 1.807) is 16.8 Å². The number of H-pyrrole nitrogens is 1. The molecule has 2 aromatic heterocycles. The largest absolute Gasteiger partial charge is 0.446 e. The molecular formula is C21H25N5O3S. The zero-order chi connectivity index (χ0) is 21.1. The van der Waals surface area contributed by atoms with Crippen LogP contribution in [0.5, 0.6) is 0 Å². The first kappa shape index (κ1) is 20.3. The van der Waals surface area contributed by atoms with E-state index in [-0.39, 0.29) is 36.5 Å². The average Bonchev–Trinajstić information content (AvgIpc) is 3.41. The summed E-state index contributed by atoms with van der Waals surface area (Å²) in [6.45, 7) is 3.80. The summed E-state index contributed by atoms with van der Waals surface area (Å²) < 4.78 is 6.55. The molecule has 3 aromatic rings. The van der Waals surface area contributed by atoms with Gasteiger partial charge in [-0.25, -0.2) is 9.78 Å². The van der Waals surface area contributed by atoms with Crippen molar-refractivity contribution in [3.05, 3.63) is 41.0 Å². The maximum atomic E-state index is 12.5. The summed E-state index contributed by atoms with van der Waals surface area (Å²) in [4.78, 5) is 28.6. The summed E-state index contributed by atoms with van der Waals surface area (Å²) in [5.41, 5.74) is 4.51. The molecule has 0 radical (unpaired) electrons. The number of aromatic amines is 1. The Labute approximate surface area is 178 Å². The van der Waals surface area contributed by atoms with Crippen LogP contribution in [0.1, 0.15) is 50.3 Å². The minimum absolute atomic E-state index is 0.0518.